The summed E-state index contributed by atoms with van der Waals surface area (Å²) in [6.07, 6.45) is 3.58. The van der Waals surface area contributed by atoms with E-state index >= 15 is 0 Å². The average molecular weight is 373 g/mol. The molecule has 2 unspecified atom stereocenters. The Morgan fingerprint density at radius 3 is 2.78 bits per heavy atom. The summed E-state index contributed by atoms with van der Waals surface area (Å²) in [5, 5.41) is 15.2. The zero-order valence-corrected chi connectivity index (χ0v) is 16.9. The molecular formula is C22H32N2O3. The van der Waals surface area contributed by atoms with Crippen LogP contribution in [-0.4, -0.2) is 36.4 Å². The van der Waals surface area contributed by atoms with E-state index in [1.807, 2.05) is 6.07 Å². The van der Waals surface area contributed by atoms with E-state index in [2.05, 4.69) is 45.0 Å². The zero-order valence-electron chi connectivity index (χ0n) is 16.9. The number of rotatable bonds is 5. The Balaban J connectivity index is 2.06. The number of Topliss-reactive ketones (excluding diaryl/α,β-unsaturated/α-hetero) is 1. The fourth-order valence-corrected chi connectivity index (χ4v) is 5.23. The third-order valence-electron chi connectivity index (χ3n) is 6.62. The molecule has 1 aromatic carbocycles. The summed E-state index contributed by atoms with van der Waals surface area (Å²) in [5.41, 5.74) is 7.65. The van der Waals surface area contributed by atoms with Crippen LogP contribution in [0.15, 0.2) is 23.4 Å². The van der Waals surface area contributed by atoms with Gasteiger partial charge in [-0.2, -0.15) is 0 Å². The van der Waals surface area contributed by atoms with Crippen molar-refractivity contribution in [1.82, 2.24) is 0 Å². The van der Waals surface area contributed by atoms with Gasteiger partial charge in [-0.1, -0.05) is 51.4 Å². The molecule has 27 heavy (non-hydrogen) atoms. The second-order valence-corrected chi connectivity index (χ2v) is 8.88. The fraction of sp³-hybridized carbons (Fsp3) is 0.636. The van der Waals surface area contributed by atoms with Gasteiger partial charge in [0.05, 0.1) is 6.21 Å². The number of aliphatic hydroxyl groups excluding tert-OH is 1. The van der Waals surface area contributed by atoms with Gasteiger partial charge in [-0.3, -0.25) is 4.79 Å². The van der Waals surface area contributed by atoms with Crippen LogP contribution in [-0.2, 0) is 10.3 Å². The molecule has 0 aromatic heterocycles. The van der Waals surface area contributed by atoms with Crippen molar-refractivity contribution in [1.29, 1.82) is 0 Å². The van der Waals surface area contributed by atoms with Crippen LogP contribution < -0.4 is 5.73 Å². The number of nitrogens with zero attached hydrogens (tertiary/aromatic N) is 1. The molecule has 2 aliphatic carbocycles. The molecule has 3 rings (SSSR count). The van der Waals surface area contributed by atoms with Crippen LogP contribution in [0.3, 0.4) is 0 Å². The van der Waals surface area contributed by atoms with Crippen molar-refractivity contribution in [3.8, 4) is 0 Å². The summed E-state index contributed by atoms with van der Waals surface area (Å²) in [7, 11) is 0. The number of nitrogens with two attached hydrogens (primary N) is 1. The normalized spacial score (nSPS) is 33.2. The molecule has 5 nitrogen and oxygen atoms in total. The molecule has 0 radical (unpaired) electrons. The molecule has 1 aromatic rings. The first-order chi connectivity index (χ1) is 12.7. The maximum absolute atomic E-state index is 13.1. The van der Waals surface area contributed by atoms with E-state index in [4.69, 9.17) is 10.6 Å². The maximum Gasteiger partial charge on any atom is 0.191 e. The van der Waals surface area contributed by atoms with Crippen LogP contribution >= 0.6 is 0 Å². The fourth-order valence-electron chi connectivity index (χ4n) is 5.23. The Hall–Kier alpha value is -1.72. The van der Waals surface area contributed by atoms with E-state index in [1.165, 1.54) is 0 Å². The molecule has 4 atom stereocenters. The first-order valence-electron chi connectivity index (χ1n) is 9.98. The lowest BCUT2D eigenvalue weighted by atomic mass is 9.49. The summed E-state index contributed by atoms with van der Waals surface area (Å²) in [4.78, 5) is 18.3. The van der Waals surface area contributed by atoms with Crippen molar-refractivity contribution in [2.24, 2.45) is 22.2 Å². The van der Waals surface area contributed by atoms with Crippen molar-refractivity contribution >= 4 is 12.0 Å². The highest BCUT2D eigenvalue weighted by Crippen LogP contribution is 2.56. The van der Waals surface area contributed by atoms with Gasteiger partial charge in [-0.25, -0.2) is 0 Å². The molecule has 2 aliphatic rings. The van der Waals surface area contributed by atoms with E-state index in [1.54, 1.807) is 6.21 Å². The van der Waals surface area contributed by atoms with Gasteiger partial charge in [-0.15, -0.1) is 0 Å². The third kappa shape index (κ3) is 3.32. The van der Waals surface area contributed by atoms with E-state index in [0.717, 1.165) is 30.4 Å². The van der Waals surface area contributed by atoms with Gasteiger partial charge in [0.2, 0.25) is 0 Å². The molecule has 0 amide bonds. The zero-order chi connectivity index (χ0) is 19.8. The summed E-state index contributed by atoms with van der Waals surface area (Å²) in [5.74, 6) is -0.0533. The van der Waals surface area contributed by atoms with Gasteiger partial charge in [0.1, 0.15) is 12.7 Å². The van der Waals surface area contributed by atoms with Gasteiger partial charge in [0.15, 0.2) is 5.78 Å². The van der Waals surface area contributed by atoms with Crippen LogP contribution in [0.2, 0.25) is 0 Å². The van der Waals surface area contributed by atoms with E-state index in [9.17, 15) is 9.90 Å². The Morgan fingerprint density at radius 1 is 1.37 bits per heavy atom. The number of hydrogen-bond acceptors (Lipinski definition) is 5. The highest BCUT2D eigenvalue weighted by atomic mass is 16.6. The molecule has 0 heterocycles. The van der Waals surface area contributed by atoms with Gasteiger partial charge in [0.25, 0.3) is 0 Å². The van der Waals surface area contributed by atoms with E-state index in [0.29, 0.717) is 24.6 Å². The summed E-state index contributed by atoms with van der Waals surface area (Å²) in [6, 6.07) is 6.22. The van der Waals surface area contributed by atoms with Gasteiger partial charge >= 0.3 is 0 Å². The molecule has 0 bridgehead atoms. The topological polar surface area (TPSA) is 84.9 Å². The van der Waals surface area contributed by atoms with Crippen LogP contribution in [0.4, 0.5) is 0 Å². The molecule has 5 heteroatoms. The Morgan fingerprint density at radius 2 is 2.11 bits per heavy atom. The Kier molecular flexibility index (Phi) is 5.46. The van der Waals surface area contributed by atoms with Gasteiger partial charge in [-0.05, 0) is 41.4 Å². The predicted molar refractivity (Wildman–Crippen MR) is 107 cm³/mol. The second-order valence-electron chi connectivity index (χ2n) is 8.88. The average Bonchev–Trinajstić information content (AvgIpc) is 2.63. The van der Waals surface area contributed by atoms with Crippen molar-refractivity contribution in [3.63, 3.8) is 0 Å². The maximum atomic E-state index is 13.1. The molecule has 1 fully saturated rings. The summed E-state index contributed by atoms with van der Waals surface area (Å²) >= 11 is 0. The number of benzene rings is 1. The molecule has 148 valence electrons. The standard InChI is InChI=1S/C22H32N2O3/c1-14(2)15-6-7-17-16(12-15)18(25)19(26)20-21(3,13-24-27-11-10-23)8-5-9-22(17,20)4/h6-7,12-14,19-20,26H,5,8-11,23H2,1-4H3/b24-13+/t19?,20?,21-,22-/m1/s1. The number of ketones is 1. The molecule has 1 saturated carbocycles. The largest absolute Gasteiger partial charge is 0.395 e. The van der Waals surface area contributed by atoms with Crippen molar-refractivity contribution in [3.05, 3.63) is 34.9 Å². The minimum absolute atomic E-state index is 0.167. The number of fused-ring (bicyclic) bond motifs is 3. The minimum atomic E-state index is -1.03. The van der Waals surface area contributed by atoms with E-state index < -0.39 is 11.5 Å². The van der Waals surface area contributed by atoms with Crippen molar-refractivity contribution in [2.45, 2.75) is 64.4 Å². The summed E-state index contributed by atoms with van der Waals surface area (Å²) in [6.45, 7) is 9.26. The number of carbonyl (C=O) groups excluding carboxylic acids is 1. The van der Waals surface area contributed by atoms with Crippen LogP contribution in [0.5, 0.6) is 0 Å². The SMILES string of the molecule is CC(C)c1ccc2c(c1)C(=O)C(O)C1[C@@](C)(/C=N/OCCN)CCC[C@]21C. The Bertz CT molecular complexity index is 745. The number of aliphatic hydroxyl groups is 1. The number of carbonyl (C=O) groups is 1. The number of oxime groups is 1. The second kappa shape index (κ2) is 7.36. The molecule has 3 N–H and O–H groups in total. The highest BCUT2D eigenvalue weighted by Gasteiger charge is 2.57. The van der Waals surface area contributed by atoms with E-state index in [-0.39, 0.29) is 17.1 Å². The van der Waals surface area contributed by atoms with Gasteiger partial charge in [0, 0.05) is 23.4 Å². The Labute approximate surface area is 162 Å². The molecule has 0 aliphatic heterocycles. The van der Waals surface area contributed by atoms with Crippen LogP contribution in [0, 0.1) is 11.3 Å². The molecule has 0 saturated heterocycles. The van der Waals surface area contributed by atoms with Gasteiger partial charge < -0.3 is 15.7 Å². The molecule has 0 spiro atoms. The monoisotopic (exact) mass is 372 g/mol. The lowest BCUT2D eigenvalue weighted by Crippen LogP contribution is -2.58. The molecular weight excluding hydrogens is 340 g/mol. The van der Waals surface area contributed by atoms with Crippen LogP contribution in [0.25, 0.3) is 0 Å². The first-order valence-corrected chi connectivity index (χ1v) is 9.98. The quantitative estimate of drug-likeness (QED) is 0.471. The minimum Gasteiger partial charge on any atom is -0.395 e. The van der Waals surface area contributed by atoms with Crippen molar-refractivity contribution in [2.75, 3.05) is 13.2 Å². The predicted octanol–water partition coefficient (Wildman–Crippen LogP) is 3.39. The third-order valence-corrected chi connectivity index (χ3v) is 6.62. The lowest BCUT2D eigenvalue weighted by molar-refractivity contribution is -0.0183. The number of hydrogen-bond donors (Lipinski definition) is 2. The first kappa shape index (κ1) is 20.0. The van der Waals surface area contributed by atoms with Crippen LogP contribution in [0.1, 0.15) is 74.4 Å². The smallest absolute Gasteiger partial charge is 0.191 e. The summed E-state index contributed by atoms with van der Waals surface area (Å²) < 4.78 is 0. The van der Waals surface area contributed by atoms with Crippen molar-refractivity contribution < 1.29 is 14.7 Å². The highest BCUT2D eigenvalue weighted by molar-refractivity contribution is 6.03. The lowest BCUT2D eigenvalue weighted by Gasteiger charge is -2.55.